The average molecular weight is 285 g/mol. The van der Waals surface area contributed by atoms with Crippen molar-refractivity contribution in [1.82, 2.24) is 9.80 Å². The van der Waals surface area contributed by atoms with E-state index in [4.69, 9.17) is 0 Å². The number of benzene rings is 1. The molecule has 0 aromatic heterocycles. The van der Waals surface area contributed by atoms with Gasteiger partial charge in [-0.1, -0.05) is 31.2 Å². The Balaban J connectivity index is 2.02. The normalized spacial score (nSPS) is 17.3. The topological polar surface area (TPSA) is 47.3 Å². The molecule has 0 aliphatic carbocycles. The zero-order valence-electron chi connectivity index (χ0n) is 12.9. The van der Waals surface area contributed by atoms with Crippen molar-refractivity contribution in [3.63, 3.8) is 0 Å². The Labute approximate surface area is 127 Å². The minimum absolute atomic E-state index is 0.213. The van der Waals surface area contributed by atoms with E-state index in [0.717, 1.165) is 43.7 Å². The van der Waals surface area contributed by atoms with Crippen molar-refractivity contribution in [3.8, 4) is 6.07 Å². The summed E-state index contributed by atoms with van der Waals surface area (Å²) in [6, 6.07) is 10.2. The summed E-state index contributed by atoms with van der Waals surface area (Å²) in [5.41, 5.74) is 2.22. The molecule has 1 aromatic rings. The lowest BCUT2D eigenvalue weighted by molar-refractivity contribution is -0.133. The van der Waals surface area contributed by atoms with Gasteiger partial charge in [-0.05, 0) is 24.5 Å². The van der Waals surface area contributed by atoms with Gasteiger partial charge in [0.1, 0.15) is 6.04 Å². The third kappa shape index (κ3) is 3.62. The summed E-state index contributed by atoms with van der Waals surface area (Å²) in [4.78, 5) is 16.0. The molecular formula is C17H23N3O. The fourth-order valence-electron chi connectivity index (χ4n) is 2.84. The van der Waals surface area contributed by atoms with Crippen molar-refractivity contribution in [2.45, 2.75) is 32.7 Å². The largest absolute Gasteiger partial charge is 0.340 e. The quantitative estimate of drug-likeness (QED) is 0.854. The Morgan fingerprint density at radius 2 is 1.95 bits per heavy atom. The first kappa shape index (κ1) is 15.5. The van der Waals surface area contributed by atoms with E-state index in [1.165, 1.54) is 0 Å². The third-order valence-corrected chi connectivity index (χ3v) is 4.10. The molecule has 21 heavy (non-hydrogen) atoms. The molecule has 2 rings (SSSR count). The summed E-state index contributed by atoms with van der Waals surface area (Å²) in [7, 11) is 0. The SMILES string of the molecule is CCCC(=O)N1CCN(C(C#N)c2ccccc2C)CC1. The first-order valence-corrected chi connectivity index (χ1v) is 7.64. The molecule has 1 unspecified atom stereocenters. The molecule has 1 saturated heterocycles. The molecule has 1 aliphatic rings. The van der Waals surface area contributed by atoms with Crippen LogP contribution < -0.4 is 0 Å². The van der Waals surface area contributed by atoms with Crippen LogP contribution in [0.15, 0.2) is 24.3 Å². The van der Waals surface area contributed by atoms with Crippen molar-refractivity contribution in [1.29, 1.82) is 5.26 Å². The second-order valence-electron chi connectivity index (χ2n) is 5.55. The van der Waals surface area contributed by atoms with Crippen LogP contribution in [0.3, 0.4) is 0 Å². The molecule has 112 valence electrons. The van der Waals surface area contributed by atoms with E-state index in [1.807, 2.05) is 43.0 Å². The van der Waals surface area contributed by atoms with Crippen LogP contribution >= 0.6 is 0 Å². The summed E-state index contributed by atoms with van der Waals surface area (Å²) in [5, 5.41) is 9.54. The Kier molecular flexibility index (Phi) is 5.35. The highest BCUT2D eigenvalue weighted by Crippen LogP contribution is 2.24. The van der Waals surface area contributed by atoms with E-state index in [-0.39, 0.29) is 11.9 Å². The van der Waals surface area contributed by atoms with Gasteiger partial charge in [0, 0.05) is 32.6 Å². The third-order valence-electron chi connectivity index (χ3n) is 4.10. The van der Waals surface area contributed by atoms with Crippen molar-refractivity contribution in [3.05, 3.63) is 35.4 Å². The number of nitrogens with zero attached hydrogens (tertiary/aromatic N) is 3. The number of hydrogen-bond acceptors (Lipinski definition) is 3. The van der Waals surface area contributed by atoms with Crippen molar-refractivity contribution in [2.75, 3.05) is 26.2 Å². The second kappa shape index (κ2) is 7.24. The van der Waals surface area contributed by atoms with Gasteiger partial charge < -0.3 is 4.90 Å². The number of aryl methyl sites for hydroxylation is 1. The maximum Gasteiger partial charge on any atom is 0.222 e. The molecule has 0 N–H and O–H groups in total. The van der Waals surface area contributed by atoms with Crippen LogP contribution in [0.5, 0.6) is 0 Å². The van der Waals surface area contributed by atoms with Gasteiger partial charge >= 0.3 is 0 Å². The monoisotopic (exact) mass is 285 g/mol. The molecule has 4 nitrogen and oxygen atoms in total. The molecule has 0 saturated carbocycles. The maximum absolute atomic E-state index is 11.9. The molecular weight excluding hydrogens is 262 g/mol. The standard InChI is InChI=1S/C17H23N3O/c1-3-6-17(21)20-11-9-19(10-12-20)16(13-18)15-8-5-4-7-14(15)2/h4-5,7-8,16H,3,6,9-12H2,1-2H3. The van der Waals surface area contributed by atoms with Gasteiger partial charge in [-0.15, -0.1) is 0 Å². The highest BCUT2D eigenvalue weighted by molar-refractivity contribution is 5.76. The molecule has 1 amide bonds. The zero-order valence-corrected chi connectivity index (χ0v) is 12.9. The summed E-state index contributed by atoms with van der Waals surface area (Å²) >= 11 is 0. The lowest BCUT2D eigenvalue weighted by Gasteiger charge is -2.37. The van der Waals surface area contributed by atoms with Crippen LogP contribution in [0.1, 0.15) is 36.9 Å². The van der Waals surface area contributed by atoms with Crippen molar-refractivity contribution >= 4 is 5.91 Å². The number of rotatable bonds is 4. The van der Waals surface area contributed by atoms with E-state index in [0.29, 0.717) is 6.42 Å². The van der Waals surface area contributed by atoms with E-state index >= 15 is 0 Å². The van der Waals surface area contributed by atoms with Crippen LogP contribution in [0.4, 0.5) is 0 Å². The number of piperazine rings is 1. The Morgan fingerprint density at radius 3 is 2.52 bits per heavy atom. The minimum Gasteiger partial charge on any atom is -0.340 e. The molecule has 4 heteroatoms. The average Bonchev–Trinajstić information content (AvgIpc) is 2.51. The Bertz CT molecular complexity index is 527. The van der Waals surface area contributed by atoms with Gasteiger partial charge in [-0.25, -0.2) is 0 Å². The summed E-state index contributed by atoms with van der Waals surface area (Å²) in [6.07, 6.45) is 1.52. The number of amides is 1. The van der Waals surface area contributed by atoms with Crippen LogP contribution in [-0.4, -0.2) is 41.9 Å². The van der Waals surface area contributed by atoms with E-state index in [9.17, 15) is 10.1 Å². The van der Waals surface area contributed by atoms with E-state index in [1.54, 1.807) is 0 Å². The lowest BCUT2D eigenvalue weighted by atomic mass is 10.0. The predicted molar refractivity (Wildman–Crippen MR) is 82.6 cm³/mol. The predicted octanol–water partition coefficient (Wildman–Crippen LogP) is 2.50. The first-order chi connectivity index (χ1) is 10.2. The van der Waals surface area contributed by atoms with Crippen LogP contribution in [-0.2, 0) is 4.79 Å². The molecule has 1 fully saturated rings. The van der Waals surface area contributed by atoms with Crippen LogP contribution in [0.2, 0.25) is 0 Å². The summed E-state index contributed by atoms with van der Waals surface area (Å²) < 4.78 is 0. The molecule has 1 atom stereocenters. The summed E-state index contributed by atoms with van der Waals surface area (Å²) in [6.45, 7) is 7.05. The zero-order chi connectivity index (χ0) is 15.2. The summed E-state index contributed by atoms with van der Waals surface area (Å²) in [5.74, 6) is 0.238. The fraction of sp³-hybridized carbons (Fsp3) is 0.529. The van der Waals surface area contributed by atoms with E-state index in [2.05, 4.69) is 11.0 Å². The highest BCUT2D eigenvalue weighted by atomic mass is 16.2. The van der Waals surface area contributed by atoms with Gasteiger partial charge in [0.05, 0.1) is 6.07 Å². The van der Waals surface area contributed by atoms with Gasteiger partial charge in [0.15, 0.2) is 0 Å². The lowest BCUT2D eigenvalue weighted by Crippen LogP contribution is -2.49. The number of nitriles is 1. The Hall–Kier alpha value is -1.86. The number of hydrogen-bond donors (Lipinski definition) is 0. The van der Waals surface area contributed by atoms with Crippen LogP contribution in [0, 0.1) is 18.3 Å². The Morgan fingerprint density at radius 1 is 1.29 bits per heavy atom. The second-order valence-corrected chi connectivity index (χ2v) is 5.55. The van der Waals surface area contributed by atoms with Crippen LogP contribution in [0.25, 0.3) is 0 Å². The first-order valence-electron chi connectivity index (χ1n) is 7.64. The molecule has 1 aromatic carbocycles. The number of carbonyl (C=O) groups excluding carboxylic acids is 1. The van der Waals surface area contributed by atoms with Gasteiger partial charge in [-0.3, -0.25) is 9.69 Å². The molecule has 0 radical (unpaired) electrons. The fourth-order valence-corrected chi connectivity index (χ4v) is 2.84. The molecule has 1 heterocycles. The van der Waals surface area contributed by atoms with Gasteiger partial charge in [0.25, 0.3) is 0 Å². The van der Waals surface area contributed by atoms with E-state index < -0.39 is 0 Å². The highest BCUT2D eigenvalue weighted by Gasteiger charge is 2.27. The van der Waals surface area contributed by atoms with Crippen molar-refractivity contribution in [2.24, 2.45) is 0 Å². The van der Waals surface area contributed by atoms with Gasteiger partial charge in [-0.2, -0.15) is 5.26 Å². The smallest absolute Gasteiger partial charge is 0.222 e. The minimum atomic E-state index is -0.213. The molecule has 1 aliphatic heterocycles. The van der Waals surface area contributed by atoms with Gasteiger partial charge in [0.2, 0.25) is 5.91 Å². The number of carbonyl (C=O) groups is 1. The molecule has 0 bridgehead atoms. The molecule has 0 spiro atoms. The van der Waals surface area contributed by atoms with Crippen molar-refractivity contribution < 1.29 is 4.79 Å². The maximum atomic E-state index is 11.9.